The zero-order valence-electron chi connectivity index (χ0n) is 16.7. The van der Waals surface area contributed by atoms with Gasteiger partial charge < -0.3 is 15.3 Å². The minimum Gasteiger partial charge on any atom is -0.364 e. The van der Waals surface area contributed by atoms with Crippen LogP contribution in [0.1, 0.15) is 41.5 Å². The largest absolute Gasteiger partial charge is 0.364 e. The molecule has 0 unspecified atom stereocenters. The van der Waals surface area contributed by atoms with Gasteiger partial charge in [0, 0.05) is 24.5 Å². The van der Waals surface area contributed by atoms with E-state index in [0.717, 1.165) is 54.6 Å². The van der Waals surface area contributed by atoms with E-state index in [-0.39, 0.29) is 5.91 Å². The van der Waals surface area contributed by atoms with Crippen molar-refractivity contribution in [1.29, 1.82) is 0 Å². The lowest BCUT2D eigenvalue weighted by Gasteiger charge is -2.09. The van der Waals surface area contributed by atoms with Crippen LogP contribution in [0.25, 0.3) is 21.9 Å². The molecule has 0 fully saturated rings. The number of benzene rings is 2. The number of nitrogens with one attached hydrogen (secondary N) is 1. The van der Waals surface area contributed by atoms with Crippen LogP contribution in [0.15, 0.2) is 61.2 Å². The molecule has 148 valence electrons. The van der Waals surface area contributed by atoms with Gasteiger partial charge in [0.15, 0.2) is 0 Å². The van der Waals surface area contributed by atoms with Crippen molar-refractivity contribution in [2.45, 2.75) is 39.2 Å². The Labute approximate surface area is 170 Å². The molecule has 0 saturated heterocycles. The molecular formula is C24H26N4O. The third-order valence-electron chi connectivity index (χ3n) is 5.38. The lowest BCUT2D eigenvalue weighted by Crippen LogP contribution is -2.19. The number of fused-ring (bicyclic) bond motifs is 1. The van der Waals surface area contributed by atoms with E-state index in [2.05, 4.69) is 59.5 Å². The van der Waals surface area contributed by atoms with Crippen LogP contribution in [-0.2, 0) is 19.4 Å². The third kappa shape index (κ3) is 3.81. The van der Waals surface area contributed by atoms with Crippen LogP contribution >= 0.6 is 0 Å². The fourth-order valence-electron chi connectivity index (χ4n) is 4.12. The number of H-pyrrole nitrogens is 1. The van der Waals surface area contributed by atoms with Crippen LogP contribution in [0, 0.1) is 0 Å². The summed E-state index contributed by atoms with van der Waals surface area (Å²) < 4.78 is 2.04. The number of amides is 1. The number of nitrogens with zero attached hydrogens (tertiary/aromatic N) is 2. The first kappa shape index (κ1) is 19.0. The number of carbonyl (C=O) groups is 1. The number of primary amides is 1. The summed E-state index contributed by atoms with van der Waals surface area (Å²) in [6.07, 6.45) is 9.23. The van der Waals surface area contributed by atoms with Gasteiger partial charge in [0.2, 0.25) is 0 Å². The Hall–Kier alpha value is -3.34. The average Bonchev–Trinajstić information content (AvgIpc) is 3.36. The van der Waals surface area contributed by atoms with Gasteiger partial charge in [-0.1, -0.05) is 55.8 Å². The van der Waals surface area contributed by atoms with Crippen molar-refractivity contribution in [1.82, 2.24) is 14.5 Å². The quantitative estimate of drug-likeness (QED) is 0.460. The second kappa shape index (κ2) is 8.35. The Morgan fingerprint density at radius 2 is 1.93 bits per heavy atom. The number of carbonyl (C=O) groups excluding carboxylic acids is 1. The summed E-state index contributed by atoms with van der Waals surface area (Å²) in [4.78, 5) is 19.7. The van der Waals surface area contributed by atoms with Crippen LogP contribution in [0.4, 0.5) is 0 Å². The van der Waals surface area contributed by atoms with Gasteiger partial charge in [-0.25, -0.2) is 4.98 Å². The number of nitrogens with two attached hydrogens (primary N) is 1. The summed E-state index contributed by atoms with van der Waals surface area (Å²) in [5.41, 5.74) is 10.8. The summed E-state index contributed by atoms with van der Waals surface area (Å²) in [7, 11) is 0. The van der Waals surface area contributed by atoms with E-state index in [1.165, 1.54) is 10.8 Å². The molecule has 5 nitrogen and oxygen atoms in total. The van der Waals surface area contributed by atoms with Gasteiger partial charge in [-0.2, -0.15) is 0 Å². The van der Waals surface area contributed by atoms with Gasteiger partial charge in [-0.3, -0.25) is 4.79 Å². The van der Waals surface area contributed by atoms with Crippen molar-refractivity contribution in [3.8, 4) is 11.1 Å². The normalized spacial score (nSPS) is 11.2. The molecule has 0 radical (unpaired) electrons. The fraction of sp³-hybridized carbons (Fsp3) is 0.250. The number of imidazole rings is 1. The van der Waals surface area contributed by atoms with Crippen molar-refractivity contribution in [2.75, 3.05) is 0 Å². The van der Waals surface area contributed by atoms with Gasteiger partial charge in [-0.05, 0) is 41.2 Å². The van der Waals surface area contributed by atoms with E-state index in [0.29, 0.717) is 5.69 Å². The Kier molecular flexibility index (Phi) is 5.47. The second-order valence-corrected chi connectivity index (χ2v) is 7.37. The molecule has 0 saturated carbocycles. The molecule has 0 aliphatic rings. The Morgan fingerprint density at radius 3 is 2.69 bits per heavy atom. The molecule has 2 aromatic heterocycles. The average molecular weight is 386 g/mol. The van der Waals surface area contributed by atoms with E-state index in [1.807, 2.05) is 16.8 Å². The molecule has 0 spiro atoms. The van der Waals surface area contributed by atoms with Crippen LogP contribution in [0.3, 0.4) is 0 Å². The van der Waals surface area contributed by atoms with E-state index in [9.17, 15) is 4.79 Å². The maximum absolute atomic E-state index is 12.4. The Balaban J connectivity index is 1.77. The molecule has 4 aromatic rings. The van der Waals surface area contributed by atoms with Crippen LogP contribution in [-0.4, -0.2) is 20.4 Å². The molecule has 29 heavy (non-hydrogen) atoms. The van der Waals surface area contributed by atoms with Crippen LogP contribution < -0.4 is 5.73 Å². The molecule has 0 atom stereocenters. The molecular weight excluding hydrogens is 360 g/mol. The second-order valence-electron chi connectivity index (χ2n) is 7.37. The molecule has 3 N–H and O–H groups in total. The molecule has 0 aliphatic heterocycles. The van der Waals surface area contributed by atoms with Crippen molar-refractivity contribution < 1.29 is 4.79 Å². The van der Waals surface area contributed by atoms with Crippen LogP contribution in [0.5, 0.6) is 0 Å². The molecule has 2 aromatic carbocycles. The minimum atomic E-state index is -0.361. The fourth-order valence-corrected chi connectivity index (χ4v) is 4.12. The van der Waals surface area contributed by atoms with Crippen LogP contribution in [0.2, 0.25) is 0 Å². The van der Waals surface area contributed by atoms with E-state index < -0.39 is 0 Å². The predicted molar refractivity (Wildman–Crippen MR) is 117 cm³/mol. The van der Waals surface area contributed by atoms with Crippen molar-refractivity contribution >= 4 is 16.7 Å². The van der Waals surface area contributed by atoms with Crippen molar-refractivity contribution in [3.63, 3.8) is 0 Å². The molecule has 5 heteroatoms. The highest BCUT2D eigenvalue weighted by molar-refractivity contribution is 6.01. The van der Waals surface area contributed by atoms with Gasteiger partial charge >= 0.3 is 0 Å². The monoisotopic (exact) mass is 386 g/mol. The zero-order chi connectivity index (χ0) is 20.2. The lowest BCUT2D eigenvalue weighted by atomic mass is 9.95. The van der Waals surface area contributed by atoms with E-state index in [4.69, 9.17) is 5.73 Å². The minimum absolute atomic E-state index is 0.361. The summed E-state index contributed by atoms with van der Waals surface area (Å²) in [6, 6.07) is 14.7. The maximum atomic E-state index is 12.4. The van der Waals surface area contributed by atoms with Crippen molar-refractivity contribution in [2.24, 2.45) is 5.73 Å². The smallest absolute Gasteiger partial charge is 0.265 e. The first-order valence-electron chi connectivity index (χ1n) is 10.2. The summed E-state index contributed by atoms with van der Waals surface area (Å²) >= 11 is 0. The molecule has 1 amide bonds. The highest BCUT2D eigenvalue weighted by Gasteiger charge is 2.21. The van der Waals surface area contributed by atoms with Gasteiger partial charge in [0.25, 0.3) is 5.91 Å². The van der Waals surface area contributed by atoms with E-state index >= 15 is 0 Å². The standard InChI is InChI=1S/C24H26N4O/c1-2-7-21-22(20-12-5-9-17-8-3-4-11-19(17)20)15-28(23(21)24(25)29)13-6-10-18-14-26-16-27-18/h3-5,8-9,11-12,14-16H,2,6-7,10,13H2,1H3,(H2,25,29)(H,26,27). The molecule has 4 rings (SSSR count). The number of rotatable bonds is 8. The number of aromatic nitrogens is 3. The summed E-state index contributed by atoms with van der Waals surface area (Å²) in [6.45, 7) is 2.86. The number of aryl methyl sites for hydroxylation is 2. The van der Waals surface area contributed by atoms with E-state index in [1.54, 1.807) is 6.33 Å². The molecule has 0 bridgehead atoms. The van der Waals surface area contributed by atoms with Gasteiger partial charge in [0.05, 0.1) is 12.0 Å². The van der Waals surface area contributed by atoms with Crippen molar-refractivity contribution in [3.05, 3.63) is 78.1 Å². The maximum Gasteiger partial charge on any atom is 0.265 e. The van der Waals surface area contributed by atoms with Gasteiger partial charge in [0.1, 0.15) is 5.69 Å². The number of hydrogen-bond acceptors (Lipinski definition) is 2. The molecule has 0 aliphatic carbocycles. The highest BCUT2D eigenvalue weighted by atomic mass is 16.1. The first-order chi connectivity index (χ1) is 14.2. The Bertz CT molecular complexity index is 1120. The Morgan fingerprint density at radius 1 is 1.10 bits per heavy atom. The summed E-state index contributed by atoms with van der Waals surface area (Å²) in [5.74, 6) is -0.361. The zero-order valence-corrected chi connectivity index (χ0v) is 16.7. The SMILES string of the molecule is CCCc1c(-c2cccc3ccccc23)cn(CCCc2c[nH]cn2)c1C(N)=O. The first-order valence-corrected chi connectivity index (χ1v) is 10.2. The lowest BCUT2D eigenvalue weighted by molar-refractivity contribution is 0.0990. The topological polar surface area (TPSA) is 76.7 Å². The molecule has 2 heterocycles. The highest BCUT2D eigenvalue weighted by Crippen LogP contribution is 2.34. The number of hydrogen-bond donors (Lipinski definition) is 2. The van der Waals surface area contributed by atoms with Gasteiger partial charge in [-0.15, -0.1) is 0 Å². The third-order valence-corrected chi connectivity index (χ3v) is 5.38. The summed E-state index contributed by atoms with van der Waals surface area (Å²) in [5, 5.41) is 2.39. The predicted octanol–water partition coefficient (Wildman–Crippen LogP) is 4.72. The number of aromatic amines is 1.